The Labute approximate surface area is 147 Å². The van der Waals surface area contributed by atoms with Crippen LogP contribution in [0, 0.1) is 0 Å². The third kappa shape index (κ3) is 3.34. The molecule has 1 aliphatic heterocycles. The summed E-state index contributed by atoms with van der Waals surface area (Å²) in [6.45, 7) is 5.80. The minimum absolute atomic E-state index is 0.284. The number of rotatable bonds is 2. The first-order valence-corrected chi connectivity index (χ1v) is 8.67. The van der Waals surface area contributed by atoms with Crippen molar-refractivity contribution in [3.8, 4) is 0 Å². The van der Waals surface area contributed by atoms with E-state index in [1.807, 2.05) is 39.0 Å². The Morgan fingerprint density at radius 1 is 1.44 bits per heavy atom. The van der Waals surface area contributed by atoms with Gasteiger partial charge in [0.2, 0.25) is 0 Å². The summed E-state index contributed by atoms with van der Waals surface area (Å²) < 4.78 is 20.3. The topological polar surface area (TPSA) is 58.6 Å². The van der Waals surface area contributed by atoms with Crippen LogP contribution in [0.25, 0.3) is 0 Å². The molecule has 2 atom stereocenters. The fourth-order valence-corrected chi connectivity index (χ4v) is 3.66. The SMILES string of the molecule is CN(Cc1ccc2c(c1)NC(=O)C1(F)CCCC21)C(=O)OC(C)(C)C. The smallest absolute Gasteiger partial charge is 0.410 e. The highest BCUT2D eigenvalue weighted by Gasteiger charge is 2.53. The second-order valence-electron chi connectivity index (χ2n) is 8.02. The molecule has 2 unspecified atom stereocenters. The molecule has 1 saturated carbocycles. The Bertz CT molecular complexity index is 713. The summed E-state index contributed by atoms with van der Waals surface area (Å²) in [5.74, 6) is -0.908. The molecule has 1 aromatic rings. The van der Waals surface area contributed by atoms with Crippen molar-refractivity contribution in [3.63, 3.8) is 0 Å². The van der Waals surface area contributed by atoms with Gasteiger partial charge < -0.3 is 15.0 Å². The minimum Gasteiger partial charge on any atom is -0.444 e. The van der Waals surface area contributed by atoms with Crippen molar-refractivity contribution in [2.24, 2.45) is 0 Å². The average Bonchev–Trinajstić information content (AvgIpc) is 2.89. The standard InChI is InChI=1S/C19H25FN2O3/c1-18(2,3)25-17(24)22(4)11-12-7-8-13-14-6-5-9-19(14,20)16(23)21-15(13)10-12/h7-8,10,14H,5-6,9,11H2,1-4H3,(H,21,23). The van der Waals surface area contributed by atoms with E-state index in [-0.39, 0.29) is 12.3 Å². The number of hydrogen-bond acceptors (Lipinski definition) is 3. The van der Waals surface area contributed by atoms with Gasteiger partial charge in [-0.2, -0.15) is 0 Å². The summed E-state index contributed by atoms with van der Waals surface area (Å²) in [5.41, 5.74) is 0.0319. The maximum atomic E-state index is 14.9. The number of alkyl halides is 1. The van der Waals surface area contributed by atoms with E-state index in [0.717, 1.165) is 17.5 Å². The number of amides is 2. The van der Waals surface area contributed by atoms with Crippen LogP contribution in [0.2, 0.25) is 0 Å². The molecule has 6 heteroatoms. The van der Waals surface area contributed by atoms with Crippen LogP contribution in [0.5, 0.6) is 0 Å². The number of benzene rings is 1. The average molecular weight is 348 g/mol. The summed E-state index contributed by atoms with van der Waals surface area (Å²) in [5, 5.41) is 2.70. The summed E-state index contributed by atoms with van der Waals surface area (Å²) in [6.07, 6.45) is 1.28. The molecule has 0 aromatic heterocycles. The molecule has 3 rings (SSSR count). The summed E-state index contributed by atoms with van der Waals surface area (Å²) in [6, 6.07) is 5.58. The van der Waals surface area contributed by atoms with Crippen molar-refractivity contribution in [2.45, 2.75) is 63.8 Å². The Hall–Kier alpha value is -2.11. The Kier molecular flexibility index (Phi) is 4.25. The van der Waals surface area contributed by atoms with E-state index in [4.69, 9.17) is 4.74 Å². The van der Waals surface area contributed by atoms with Gasteiger partial charge in [-0.3, -0.25) is 4.79 Å². The Balaban J connectivity index is 1.77. The lowest BCUT2D eigenvalue weighted by Crippen LogP contribution is -2.44. The number of carbonyl (C=O) groups excluding carboxylic acids is 2. The lowest BCUT2D eigenvalue weighted by molar-refractivity contribution is -0.128. The molecular formula is C19H25FN2O3. The van der Waals surface area contributed by atoms with Crippen molar-refractivity contribution in [2.75, 3.05) is 12.4 Å². The molecule has 0 spiro atoms. The molecule has 136 valence electrons. The van der Waals surface area contributed by atoms with Gasteiger partial charge in [0.05, 0.1) is 0 Å². The zero-order chi connectivity index (χ0) is 18.4. The zero-order valence-corrected chi connectivity index (χ0v) is 15.2. The highest BCUT2D eigenvalue weighted by molar-refractivity contribution is 6.01. The third-order valence-electron chi connectivity index (χ3n) is 4.83. The van der Waals surface area contributed by atoms with Gasteiger partial charge in [-0.05, 0) is 57.2 Å². The number of halogens is 1. The lowest BCUT2D eigenvalue weighted by Gasteiger charge is -2.33. The van der Waals surface area contributed by atoms with Crippen molar-refractivity contribution >= 4 is 17.7 Å². The molecule has 1 fully saturated rings. The van der Waals surface area contributed by atoms with E-state index in [1.54, 1.807) is 7.05 Å². The number of carbonyl (C=O) groups is 2. The van der Waals surface area contributed by atoms with Gasteiger partial charge >= 0.3 is 6.09 Å². The van der Waals surface area contributed by atoms with Crippen molar-refractivity contribution < 1.29 is 18.7 Å². The Morgan fingerprint density at radius 3 is 2.84 bits per heavy atom. The fourth-order valence-electron chi connectivity index (χ4n) is 3.66. The first kappa shape index (κ1) is 17.7. The highest BCUT2D eigenvalue weighted by atomic mass is 19.1. The zero-order valence-electron chi connectivity index (χ0n) is 15.2. The molecular weight excluding hydrogens is 323 g/mol. The molecule has 5 nitrogen and oxygen atoms in total. The van der Waals surface area contributed by atoms with E-state index in [0.29, 0.717) is 18.7 Å². The van der Waals surface area contributed by atoms with Gasteiger partial charge in [0, 0.05) is 25.2 Å². The molecule has 1 aliphatic carbocycles. The van der Waals surface area contributed by atoms with Gasteiger partial charge in [-0.15, -0.1) is 0 Å². The van der Waals surface area contributed by atoms with Crippen LogP contribution in [-0.4, -0.2) is 35.2 Å². The van der Waals surface area contributed by atoms with Crippen molar-refractivity contribution in [1.82, 2.24) is 4.90 Å². The molecule has 2 aliphatic rings. The lowest BCUT2D eigenvalue weighted by atomic mass is 9.81. The molecule has 25 heavy (non-hydrogen) atoms. The van der Waals surface area contributed by atoms with Gasteiger partial charge in [0.25, 0.3) is 5.91 Å². The van der Waals surface area contributed by atoms with Crippen LogP contribution in [0.4, 0.5) is 14.9 Å². The summed E-state index contributed by atoms with van der Waals surface area (Å²) >= 11 is 0. The predicted molar refractivity (Wildman–Crippen MR) is 93.2 cm³/mol. The van der Waals surface area contributed by atoms with Gasteiger partial charge in [0.15, 0.2) is 5.67 Å². The van der Waals surface area contributed by atoms with E-state index in [2.05, 4.69) is 5.32 Å². The van der Waals surface area contributed by atoms with Gasteiger partial charge in [-0.1, -0.05) is 12.1 Å². The van der Waals surface area contributed by atoms with Crippen molar-refractivity contribution in [1.29, 1.82) is 0 Å². The van der Waals surface area contributed by atoms with Crippen LogP contribution in [0.1, 0.15) is 57.1 Å². The van der Waals surface area contributed by atoms with E-state index >= 15 is 0 Å². The molecule has 1 aromatic carbocycles. The number of anilines is 1. The second-order valence-corrected chi connectivity index (χ2v) is 8.02. The first-order valence-electron chi connectivity index (χ1n) is 8.67. The second kappa shape index (κ2) is 6.00. The van der Waals surface area contributed by atoms with E-state index < -0.39 is 23.3 Å². The molecule has 0 saturated heterocycles. The minimum atomic E-state index is -1.78. The van der Waals surface area contributed by atoms with E-state index in [1.165, 1.54) is 4.90 Å². The normalized spacial score (nSPS) is 25.0. The van der Waals surface area contributed by atoms with Crippen LogP contribution >= 0.6 is 0 Å². The van der Waals surface area contributed by atoms with Crippen LogP contribution < -0.4 is 5.32 Å². The quantitative estimate of drug-likeness (QED) is 0.879. The third-order valence-corrected chi connectivity index (χ3v) is 4.83. The van der Waals surface area contributed by atoms with Crippen LogP contribution in [0.15, 0.2) is 18.2 Å². The Morgan fingerprint density at radius 2 is 2.16 bits per heavy atom. The number of hydrogen-bond donors (Lipinski definition) is 1. The maximum absolute atomic E-state index is 14.9. The van der Waals surface area contributed by atoms with Crippen LogP contribution in [0.3, 0.4) is 0 Å². The van der Waals surface area contributed by atoms with Gasteiger partial charge in [0.1, 0.15) is 5.60 Å². The fraction of sp³-hybridized carbons (Fsp3) is 0.579. The molecule has 1 heterocycles. The maximum Gasteiger partial charge on any atom is 0.410 e. The van der Waals surface area contributed by atoms with Crippen LogP contribution in [-0.2, 0) is 16.1 Å². The largest absolute Gasteiger partial charge is 0.444 e. The van der Waals surface area contributed by atoms with Gasteiger partial charge in [-0.25, -0.2) is 9.18 Å². The molecule has 2 amide bonds. The number of ether oxygens (including phenoxy) is 1. The molecule has 0 radical (unpaired) electrons. The summed E-state index contributed by atoms with van der Waals surface area (Å²) in [4.78, 5) is 25.7. The predicted octanol–water partition coefficient (Wildman–Crippen LogP) is 3.98. The molecule has 0 bridgehead atoms. The first-order chi connectivity index (χ1) is 11.6. The molecule has 1 N–H and O–H groups in total. The monoisotopic (exact) mass is 348 g/mol. The summed E-state index contributed by atoms with van der Waals surface area (Å²) in [7, 11) is 1.66. The van der Waals surface area contributed by atoms with Crippen molar-refractivity contribution in [3.05, 3.63) is 29.3 Å². The number of nitrogens with one attached hydrogen (secondary N) is 1. The highest BCUT2D eigenvalue weighted by Crippen LogP contribution is 2.51. The van der Waals surface area contributed by atoms with E-state index in [9.17, 15) is 14.0 Å². The number of nitrogens with zero attached hydrogens (tertiary/aromatic N) is 1. The number of fused-ring (bicyclic) bond motifs is 3.